The predicted octanol–water partition coefficient (Wildman–Crippen LogP) is 4.58. The Morgan fingerprint density at radius 3 is 2.86 bits per heavy atom. The quantitative estimate of drug-likeness (QED) is 0.275. The summed E-state index contributed by atoms with van der Waals surface area (Å²) in [5.41, 5.74) is 1.98. The van der Waals surface area contributed by atoms with E-state index in [1.54, 1.807) is 30.5 Å². The molecule has 2 aromatic carbocycles. The molecule has 11 nitrogen and oxygen atoms in total. The average molecular weight is 601 g/mol. The number of piperidine rings is 1. The zero-order chi connectivity index (χ0) is 30.6. The molecule has 6 rings (SSSR count). The Labute approximate surface area is 253 Å². The molecule has 4 heterocycles. The molecular weight excluding hydrogens is 567 g/mol. The number of hydrogen-bond acceptors (Lipinski definition) is 9. The number of imidazole rings is 1. The zero-order valence-corrected chi connectivity index (χ0v) is 24.4. The SMILES string of the molecule is C[C@H]1C[C@@H](Oc2ccnc(COc3ccc(F)cc3C#N)n2)CCN1Cc1nc2ccc(C(=O)O)cc2n1C[C@H]1CCOC1. The van der Waals surface area contributed by atoms with Gasteiger partial charge in [0.25, 0.3) is 0 Å². The highest BCUT2D eigenvalue weighted by atomic mass is 19.1. The van der Waals surface area contributed by atoms with E-state index in [-0.39, 0.29) is 35.6 Å². The van der Waals surface area contributed by atoms with Crippen LogP contribution in [0.5, 0.6) is 11.6 Å². The maximum absolute atomic E-state index is 13.4. The number of nitriles is 1. The normalized spacial score (nSPS) is 20.4. The first-order valence-electron chi connectivity index (χ1n) is 14.7. The smallest absolute Gasteiger partial charge is 0.335 e. The molecule has 2 aliphatic heterocycles. The molecule has 0 spiro atoms. The summed E-state index contributed by atoms with van der Waals surface area (Å²) in [6, 6.07) is 12.7. The van der Waals surface area contributed by atoms with Crippen molar-refractivity contribution in [1.82, 2.24) is 24.4 Å². The molecular formula is C32H33FN6O5. The number of ether oxygens (including phenoxy) is 3. The lowest BCUT2D eigenvalue weighted by molar-refractivity contribution is 0.0534. The second kappa shape index (κ2) is 13.0. The highest BCUT2D eigenvalue weighted by Gasteiger charge is 2.29. The first-order valence-corrected chi connectivity index (χ1v) is 14.7. The van der Waals surface area contributed by atoms with E-state index in [1.165, 1.54) is 12.1 Å². The molecule has 0 aliphatic carbocycles. The number of carboxylic acids is 1. The van der Waals surface area contributed by atoms with Gasteiger partial charge in [0.15, 0.2) is 5.82 Å². The maximum atomic E-state index is 13.4. The monoisotopic (exact) mass is 600 g/mol. The third-order valence-electron chi connectivity index (χ3n) is 8.24. The van der Waals surface area contributed by atoms with E-state index in [2.05, 4.69) is 26.4 Å². The van der Waals surface area contributed by atoms with Crippen molar-refractivity contribution in [2.75, 3.05) is 19.8 Å². The molecule has 44 heavy (non-hydrogen) atoms. The van der Waals surface area contributed by atoms with Crippen LogP contribution in [-0.2, 0) is 24.4 Å². The van der Waals surface area contributed by atoms with Gasteiger partial charge in [-0.3, -0.25) is 4.90 Å². The Kier molecular flexibility index (Phi) is 8.67. The summed E-state index contributed by atoms with van der Waals surface area (Å²) in [6.07, 6.45) is 4.11. The Morgan fingerprint density at radius 1 is 1.20 bits per heavy atom. The molecule has 2 aromatic heterocycles. The van der Waals surface area contributed by atoms with E-state index in [0.717, 1.165) is 61.9 Å². The van der Waals surface area contributed by atoms with E-state index < -0.39 is 11.8 Å². The number of carbonyl (C=O) groups is 1. The molecule has 0 bridgehead atoms. The minimum atomic E-state index is -0.953. The number of aromatic carboxylic acids is 1. The van der Waals surface area contributed by atoms with Crippen molar-refractivity contribution in [2.45, 2.75) is 58.0 Å². The molecule has 2 fully saturated rings. The molecule has 228 valence electrons. The second-order valence-electron chi connectivity index (χ2n) is 11.3. The molecule has 4 aromatic rings. The van der Waals surface area contributed by atoms with Crippen molar-refractivity contribution in [3.05, 3.63) is 77.3 Å². The van der Waals surface area contributed by atoms with Gasteiger partial charge in [0, 0.05) is 43.9 Å². The number of halogens is 1. The van der Waals surface area contributed by atoms with E-state index in [9.17, 15) is 19.6 Å². The number of hydrogen-bond donors (Lipinski definition) is 1. The fraction of sp³-hybridized carbons (Fsp3) is 0.406. The highest BCUT2D eigenvalue weighted by Crippen LogP contribution is 2.27. The van der Waals surface area contributed by atoms with Crippen LogP contribution in [0.2, 0.25) is 0 Å². The topological polar surface area (TPSA) is 136 Å². The predicted molar refractivity (Wildman–Crippen MR) is 157 cm³/mol. The van der Waals surface area contributed by atoms with Gasteiger partial charge >= 0.3 is 5.97 Å². The maximum Gasteiger partial charge on any atom is 0.335 e. The van der Waals surface area contributed by atoms with E-state index in [4.69, 9.17) is 19.2 Å². The lowest BCUT2D eigenvalue weighted by Gasteiger charge is -2.37. The van der Waals surface area contributed by atoms with Gasteiger partial charge in [-0.2, -0.15) is 10.2 Å². The van der Waals surface area contributed by atoms with Crippen LogP contribution in [0.4, 0.5) is 4.39 Å². The van der Waals surface area contributed by atoms with Crippen LogP contribution in [0.3, 0.4) is 0 Å². The van der Waals surface area contributed by atoms with E-state index >= 15 is 0 Å². The van der Waals surface area contributed by atoms with E-state index in [1.807, 2.05) is 6.07 Å². The van der Waals surface area contributed by atoms with Crippen LogP contribution < -0.4 is 9.47 Å². The van der Waals surface area contributed by atoms with Crippen LogP contribution in [0.1, 0.15) is 53.8 Å². The van der Waals surface area contributed by atoms with Crippen LogP contribution >= 0.6 is 0 Å². The van der Waals surface area contributed by atoms with Crippen molar-refractivity contribution in [3.63, 3.8) is 0 Å². The third kappa shape index (κ3) is 6.64. The Morgan fingerprint density at radius 2 is 2.09 bits per heavy atom. The lowest BCUT2D eigenvalue weighted by atomic mass is 10.0. The van der Waals surface area contributed by atoms with Crippen molar-refractivity contribution in [3.8, 4) is 17.7 Å². The number of aromatic nitrogens is 4. The Balaban J connectivity index is 1.10. The average Bonchev–Trinajstić information content (AvgIpc) is 3.66. The third-order valence-corrected chi connectivity index (χ3v) is 8.24. The van der Waals surface area contributed by atoms with Gasteiger partial charge in [-0.1, -0.05) is 0 Å². The highest BCUT2D eigenvalue weighted by molar-refractivity contribution is 5.92. The molecule has 0 saturated carbocycles. The summed E-state index contributed by atoms with van der Waals surface area (Å²) in [7, 11) is 0. The number of likely N-dealkylation sites (tertiary alicyclic amines) is 1. The summed E-state index contributed by atoms with van der Waals surface area (Å²) in [5.74, 6) is 0.915. The summed E-state index contributed by atoms with van der Waals surface area (Å²) < 4.78 is 33.1. The standard InChI is InChI=1S/C32H33FN6O5/c1-20-12-25(44-31-6-9-35-29(37-31)19-43-28-5-3-24(33)13-23(28)15-34)7-10-38(20)17-30-36-26-4-2-22(32(40)41)14-27(26)39(30)16-21-8-11-42-18-21/h2-6,9,13-14,20-21,25H,7-8,10-12,16-19H2,1H3,(H,40,41)/t20-,21+,25-/m0/s1. The Hall–Kier alpha value is -4.60. The summed E-state index contributed by atoms with van der Waals surface area (Å²) in [4.78, 5) is 27.7. The first-order chi connectivity index (χ1) is 21.4. The van der Waals surface area contributed by atoms with Crippen molar-refractivity contribution < 1.29 is 28.5 Å². The number of nitrogens with zero attached hydrogens (tertiary/aromatic N) is 6. The Bertz CT molecular complexity index is 1700. The molecule has 0 amide bonds. The van der Waals surface area contributed by atoms with Gasteiger partial charge in [-0.25, -0.2) is 19.2 Å². The molecule has 0 unspecified atom stereocenters. The van der Waals surface area contributed by atoms with Crippen molar-refractivity contribution in [2.24, 2.45) is 5.92 Å². The van der Waals surface area contributed by atoms with Gasteiger partial charge in [0.2, 0.25) is 5.88 Å². The minimum Gasteiger partial charge on any atom is -0.484 e. The van der Waals surface area contributed by atoms with Crippen molar-refractivity contribution in [1.29, 1.82) is 5.26 Å². The van der Waals surface area contributed by atoms with Crippen LogP contribution in [0.25, 0.3) is 11.0 Å². The summed E-state index contributed by atoms with van der Waals surface area (Å²) in [5, 5.41) is 18.8. The molecule has 2 aliphatic rings. The molecule has 0 radical (unpaired) electrons. The second-order valence-corrected chi connectivity index (χ2v) is 11.3. The van der Waals surface area contributed by atoms with Crippen LogP contribution in [0.15, 0.2) is 48.7 Å². The zero-order valence-electron chi connectivity index (χ0n) is 24.4. The van der Waals surface area contributed by atoms with Gasteiger partial charge in [-0.15, -0.1) is 0 Å². The fourth-order valence-corrected chi connectivity index (χ4v) is 5.86. The van der Waals surface area contributed by atoms with Gasteiger partial charge in [0.05, 0.1) is 35.3 Å². The summed E-state index contributed by atoms with van der Waals surface area (Å²) >= 11 is 0. The number of fused-ring (bicyclic) bond motifs is 1. The molecule has 12 heteroatoms. The van der Waals surface area contributed by atoms with Gasteiger partial charge < -0.3 is 23.9 Å². The van der Waals surface area contributed by atoms with Gasteiger partial charge in [0.1, 0.15) is 36.2 Å². The lowest BCUT2D eigenvalue weighted by Crippen LogP contribution is -2.44. The number of benzene rings is 2. The molecule has 2 saturated heterocycles. The minimum absolute atomic E-state index is 0.00823. The number of carboxylic acid groups (broad SMARTS) is 1. The summed E-state index contributed by atoms with van der Waals surface area (Å²) in [6.45, 7) is 5.79. The van der Waals surface area contributed by atoms with Gasteiger partial charge in [-0.05, 0) is 62.6 Å². The van der Waals surface area contributed by atoms with Crippen LogP contribution in [-0.4, -0.2) is 67.4 Å². The van der Waals surface area contributed by atoms with Crippen molar-refractivity contribution >= 4 is 17.0 Å². The van der Waals surface area contributed by atoms with Crippen LogP contribution in [0, 0.1) is 23.1 Å². The molecule has 1 N–H and O–H groups in total. The largest absolute Gasteiger partial charge is 0.484 e. The fourth-order valence-electron chi connectivity index (χ4n) is 5.86. The van der Waals surface area contributed by atoms with E-state index in [0.29, 0.717) is 30.8 Å². The molecule has 3 atom stereocenters. The number of rotatable bonds is 10. The first kappa shape index (κ1) is 29.5.